The highest BCUT2D eigenvalue weighted by Crippen LogP contribution is 2.35. The molecule has 0 amide bonds. The highest BCUT2D eigenvalue weighted by atomic mass is 16.5. The summed E-state index contributed by atoms with van der Waals surface area (Å²) in [6.45, 7) is 2.03. The molecular formula is C17H21NO3. The molecule has 0 saturated carbocycles. The first-order valence-electron chi connectivity index (χ1n) is 6.72. The van der Waals surface area contributed by atoms with Crippen molar-refractivity contribution in [1.82, 2.24) is 0 Å². The standard InChI is InChI=1S/C17H21NO3/c1-11-5-7-15(20-3)13(9-11)17(18)14-10-12(19-2)6-8-16(14)21-4/h5-10,17H,18H2,1-4H3. The van der Waals surface area contributed by atoms with Crippen molar-refractivity contribution in [3.63, 3.8) is 0 Å². The molecule has 2 rings (SSSR count). The van der Waals surface area contributed by atoms with Crippen LogP contribution >= 0.6 is 0 Å². The second-order valence-electron chi connectivity index (χ2n) is 4.83. The van der Waals surface area contributed by atoms with E-state index < -0.39 is 0 Å². The minimum absolute atomic E-state index is 0.357. The first-order chi connectivity index (χ1) is 10.1. The molecule has 0 radical (unpaired) electrons. The number of aryl methyl sites for hydroxylation is 1. The molecule has 2 aromatic rings. The summed E-state index contributed by atoms with van der Waals surface area (Å²) in [4.78, 5) is 0. The number of ether oxygens (including phenoxy) is 3. The third kappa shape index (κ3) is 3.11. The van der Waals surface area contributed by atoms with E-state index in [2.05, 4.69) is 0 Å². The van der Waals surface area contributed by atoms with Crippen molar-refractivity contribution < 1.29 is 14.2 Å². The molecule has 0 aliphatic carbocycles. The molecule has 112 valence electrons. The maximum Gasteiger partial charge on any atom is 0.124 e. The summed E-state index contributed by atoms with van der Waals surface area (Å²) in [5.41, 5.74) is 9.36. The van der Waals surface area contributed by atoms with E-state index in [0.717, 1.165) is 33.9 Å². The van der Waals surface area contributed by atoms with E-state index in [1.165, 1.54) is 0 Å². The van der Waals surface area contributed by atoms with Crippen molar-refractivity contribution in [3.8, 4) is 17.2 Å². The maximum atomic E-state index is 6.45. The van der Waals surface area contributed by atoms with Crippen LogP contribution in [0, 0.1) is 6.92 Å². The Balaban J connectivity index is 2.53. The van der Waals surface area contributed by atoms with Gasteiger partial charge in [-0.3, -0.25) is 0 Å². The second-order valence-corrected chi connectivity index (χ2v) is 4.83. The van der Waals surface area contributed by atoms with Crippen molar-refractivity contribution in [3.05, 3.63) is 53.1 Å². The van der Waals surface area contributed by atoms with Gasteiger partial charge in [-0.25, -0.2) is 0 Å². The molecular weight excluding hydrogens is 266 g/mol. The Morgan fingerprint density at radius 3 is 1.95 bits per heavy atom. The average Bonchev–Trinajstić information content (AvgIpc) is 2.53. The molecule has 1 atom stereocenters. The van der Waals surface area contributed by atoms with E-state index in [-0.39, 0.29) is 6.04 Å². The van der Waals surface area contributed by atoms with Crippen LogP contribution in [0.3, 0.4) is 0 Å². The molecule has 1 unspecified atom stereocenters. The summed E-state index contributed by atoms with van der Waals surface area (Å²) in [7, 11) is 4.90. The van der Waals surface area contributed by atoms with Gasteiger partial charge in [-0.2, -0.15) is 0 Å². The van der Waals surface area contributed by atoms with Crippen molar-refractivity contribution in [2.45, 2.75) is 13.0 Å². The van der Waals surface area contributed by atoms with Gasteiger partial charge in [0.15, 0.2) is 0 Å². The number of hydrogen-bond acceptors (Lipinski definition) is 4. The van der Waals surface area contributed by atoms with Crippen LogP contribution in [0.5, 0.6) is 17.2 Å². The second kappa shape index (κ2) is 6.50. The van der Waals surface area contributed by atoms with Crippen LogP contribution < -0.4 is 19.9 Å². The van der Waals surface area contributed by atoms with Crippen LogP contribution in [0.2, 0.25) is 0 Å². The summed E-state index contributed by atoms with van der Waals surface area (Å²) in [6.07, 6.45) is 0. The molecule has 4 heteroatoms. The first-order valence-corrected chi connectivity index (χ1v) is 6.72. The predicted octanol–water partition coefficient (Wildman–Crippen LogP) is 3.07. The summed E-state index contributed by atoms with van der Waals surface area (Å²) in [5.74, 6) is 2.23. The van der Waals surface area contributed by atoms with Crippen molar-refractivity contribution in [2.24, 2.45) is 5.73 Å². The highest BCUT2D eigenvalue weighted by molar-refractivity contribution is 5.50. The molecule has 0 spiro atoms. The Kier molecular flexibility index (Phi) is 4.70. The van der Waals surface area contributed by atoms with Crippen LogP contribution in [0.4, 0.5) is 0 Å². The van der Waals surface area contributed by atoms with Crippen LogP contribution in [0.1, 0.15) is 22.7 Å². The fraction of sp³-hybridized carbons (Fsp3) is 0.294. The van der Waals surface area contributed by atoms with E-state index >= 15 is 0 Å². The summed E-state index contributed by atoms with van der Waals surface area (Å²) < 4.78 is 16.1. The Labute approximate surface area is 125 Å². The zero-order chi connectivity index (χ0) is 15.4. The van der Waals surface area contributed by atoms with Gasteiger partial charge >= 0.3 is 0 Å². The Bertz CT molecular complexity index is 625. The van der Waals surface area contributed by atoms with Gasteiger partial charge in [0.25, 0.3) is 0 Å². The number of nitrogens with two attached hydrogens (primary N) is 1. The average molecular weight is 287 g/mol. The Morgan fingerprint density at radius 2 is 1.38 bits per heavy atom. The topological polar surface area (TPSA) is 53.7 Å². The summed E-state index contributed by atoms with van der Waals surface area (Å²) >= 11 is 0. The number of methoxy groups -OCH3 is 3. The van der Waals surface area contributed by atoms with Crippen LogP contribution in [0.15, 0.2) is 36.4 Å². The fourth-order valence-electron chi connectivity index (χ4n) is 2.35. The SMILES string of the molecule is COc1ccc(OC)c(C(N)c2cc(C)ccc2OC)c1. The minimum Gasteiger partial charge on any atom is -0.497 e. The quantitative estimate of drug-likeness (QED) is 0.918. The van der Waals surface area contributed by atoms with Gasteiger partial charge in [0.2, 0.25) is 0 Å². The molecule has 0 aliphatic rings. The lowest BCUT2D eigenvalue weighted by atomic mass is 9.96. The molecule has 0 saturated heterocycles. The normalized spacial score (nSPS) is 11.9. The van der Waals surface area contributed by atoms with Gasteiger partial charge in [0.1, 0.15) is 17.2 Å². The van der Waals surface area contributed by atoms with E-state index in [1.54, 1.807) is 21.3 Å². The van der Waals surface area contributed by atoms with Gasteiger partial charge in [0.05, 0.1) is 27.4 Å². The lowest BCUT2D eigenvalue weighted by Crippen LogP contribution is -2.14. The van der Waals surface area contributed by atoms with Gasteiger partial charge in [-0.1, -0.05) is 17.7 Å². The molecule has 0 aliphatic heterocycles. The van der Waals surface area contributed by atoms with Crippen molar-refractivity contribution >= 4 is 0 Å². The molecule has 0 heterocycles. The maximum absolute atomic E-state index is 6.45. The molecule has 2 N–H and O–H groups in total. The molecule has 4 nitrogen and oxygen atoms in total. The summed E-state index contributed by atoms with van der Waals surface area (Å²) in [5, 5.41) is 0. The van der Waals surface area contributed by atoms with Gasteiger partial charge in [0, 0.05) is 11.1 Å². The first kappa shape index (κ1) is 15.2. The molecule has 0 fully saturated rings. The van der Waals surface area contributed by atoms with Crippen LogP contribution in [0.25, 0.3) is 0 Å². The zero-order valence-electron chi connectivity index (χ0n) is 12.8. The van der Waals surface area contributed by atoms with Gasteiger partial charge in [-0.05, 0) is 31.2 Å². The van der Waals surface area contributed by atoms with Gasteiger partial charge in [-0.15, -0.1) is 0 Å². The smallest absolute Gasteiger partial charge is 0.124 e. The fourth-order valence-corrected chi connectivity index (χ4v) is 2.35. The van der Waals surface area contributed by atoms with E-state index in [4.69, 9.17) is 19.9 Å². The van der Waals surface area contributed by atoms with Gasteiger partial charge < -0.3 is 19.9 Å². The van der Waals surface area contributed by atoms with E-state index in [9.17, 15) is 0 Å². The molecule has 21 heavy (non-hydrogen) atoms. The predicted molar refractivity (Wildman–Crippen MR) is 83.3 cm³/mol. The Morgan fingerprint density at radius 1 is 0.810 bits per heavy atom. The molecule has 0 aromatic heterocycles. The van der Waals surface area contributed by atoms with Crippen molar-refractivity contribution in [1.29, 1.82) is 0 Å². The van der Waals surface area contributed by atoms with Crippen LogP contribution in [-0.4, -0.2) is 21.3 Å². The van der Waals surface area contributed by atoms with E-state index in [0.29, 0.717) is 0 Å². The largest absolute Gasteiger partial charge is 0.497 e. The zero-order valence-corrected chi connectivity index (χ0v) is 12.8. The lowest BCUT2D eigenvalue weighted by Gasteiger charge is -2.19. The monoisotopic (exact) mass is 287 g/mol. The number of rotatable bonds is 5. The third-order valence-corrected chi connectivity index (χ3v) is 3.49. The third-order valence-electron chi connectivity index (χ3n) is 3.49. The van der Waals surface area contributed by atoms with E-state index in [1.807, 2.05) is 43.3 Å². The Hall–Kier alpha value is -2.20. The molecule has 2 aromatic carbocycles. The molecule has 0 bridgehead atoms. The van der Waals surface area contributed by atoms with Crippen LogP contribution in [-0.2, 0) is 0 Å². The minimum atomic E-state index is -0.357. The highest BCUT2D eigenvalue weighted by Gasteiger charge is 2.19. The number of hydrogen-bond donors (Lipinski definition) is 1. The lowest BCUT2D eigenvalue weighted by molar-refractivity contribution is 0.393. The van der Waals surface area contributed by atoms with Crippen molar-refractivity contribution in [2.75, 3.05) is 21.3 Å². The summed E-state index contributed by atoms with van der Waals surface area (Å²) in [6, 6.07) is 11.2. The number of benzene rings is 2.